The van der Waals surface area contributed by atoms with Crippen LogP contribution in [0.15, 0.2) is 30.5 Å². The quantitative estimate of drug-likeness (QED) is 0.558. The maximum Gasteiger partial charge on any atom is 0.307 e. The van der Waals surface area contributed by atoms with E-state index in [0.29, 0.717) is 31.0 Å². The highest BCUT2D eigenvalue weighted by Gasteiger charge is 2.52. The fourth-order valence-electron chi connectivity index (χ4n) is 6.24. The summed E-state index contributed by atoms with van der Waals surface area (Å²) in [7, 11) is 0. The first-order valence-corrected chi connectivity index (χ1v) is 11.9. The van der Waals surface area contributed by atoms with E-state index in [9.17, 15) is 9.59 Å². The molecule has 1 saturated heterocycles. The summed E-state index contributed by atoms with van der Waals surface area (Å²) >= 11 is 0. The minimum Gasteiger partial charge on any atom is -0.466 e. The zero-order valence-electron chi connectivity index (χ0n) is 19.4. The molecule has 5 heteroatoms. The number of hydrogen-bond acceptors (Lipinski definition) is 3. The van der Waals surface area contributed by atoms with Crippen LogP contribution in [0.2, 0.25) is 0 Å². The lowest BCUT2D eigenvalue weighted by Crippen LogP contribution is -2.39. The molecule has 2 atom stereocenters. The SMILES string of the molecule is CCOC(=O)CCn1ccc2cc(C(=O)N3CC4(C)CC3CC(CC)(CC)C4)ccc21. The number of fused-ring (bicyclic) bond motifs is 3. The highest BCUT2D eigenvalue weighted by atomic mass is 16.5. The zero-order chi connectivity index (χ0) is 22.2. The van der Waals surface area contributed by atoms with Crippen molar-refractivity contribution in [1.29, 1.82) is 0 Å². The molecule has 2 aromatic rings. The third-order valence-corrected chi connectivity index (χ3v) is 7.83. The lowest BCUT2D eigenvalue weighted by Gasteiger charge is -2.43. The predicted molar refractivity (Wildman–Crippen MR) is 123 cm³/mol. The summed E-state index contributed by atoms with van der Waals surface area (Å²) in [5.74, 6) is -0.0158. The lowest BCUT2D eigenvalue weighted by molar-refractivity contribution is -0.143. The number of ether oxygens (including phenoxy) is 1. The molecular weight excluding hydrogens is 388 g/mol. The molecule has 1 aromatic carbocycles. The van der Waals surface area contributed by atoms with Gasteiger partial charge in [0.1, 0.15) is 0 Å². The predicted octanol–water partition coefficient (Wildman–Crippen LogP) is 5.42. The largest absolute Gasteiger partial charge is 0.466 e. The van der Waals surface area contributed by atoms with Crippen molar-refractivity contribution < 1.29 is 14.3 Å². The summed E-state index contributed by atoms with van der Waals surface area (Å²) < 4.78 is 7.09. The van der Waals surface area contributed by atoms with E-state index >= 15 is 0 Å². The van der Waals surface area contributed by atoms with Crippen LogP contribution in [0.5, 0.6) is 0 Å². The van der Waals surface area contributed by atoms with Gasteiger partial charge in [-0.05, 0) is 61.3 Å². The van der Waals surface area contributed by atoms with Crippen LogP contribution in [-0.2, 0) is 16.1 Å². The summed E-state index contributed by atoms with van der Waals surface area (Å²) in [5.41, 5.74) is 2.44. The van der Waals surface area contributed by atoms with Crippen molar-refractivity contribution in [3.63, 3.8) is 0 Å². The summed E-state index contributed by atoms with van der Waals surface area (Å²) in [6.07, 6.45) is 8.23. The number of amides is 1. The Balaban J connectivity index is 1.52. The second kappa shape index (κ2) is 8.33. The van der Waals surface area contributed by atoms with Gasteiger partial charge in [-0.1, -0.05) is 33.6 Å². The Kier molecular flexibility index (Phi) is 5.89. The lowest BCUT2D eigenvalue weighted by atomic mass is 9.61. The number of likely N-dealkylation sites (tertiary alicyclic amines) is 1. The smallest absolute Gasteiger partial charge is 0.307 e. The van der Waals surface area contributed by atoms with Crippen molar-refractivity contribution >= 4 is 22.8 Å². The number of aromatic nitrogens is 1. The Morgan fingerprint density at radius 2 is 1.90 bits per heavy atom. The van der Waals surface area contributed by atoms with Crippen LogP contribution in [0.25, 0.3) is 10.9 Å². The van der Waals surface area contributed by atoms with E-state index in [2.05, 4.69) is 30.2 Å². The van der Waals surface area contributed by atoms with Gasteiger partial charge in [-0.3, -0.25) is 9.59 Å². The fraction of sp³-hybridized carbons (Fsp3) is 0.615. The van der Waals surface area contributed by atoms with Gasteiger partial charge < -0.3 is 14.2 Å². The van der Waals surface area contributed by atoms with Crippen LogP contribution < -0.4 is 0 Å². The molecule has 2 heterocycles. The Bertz CT molecular complexity index is 974. The maximum absolute atomic E-state index is 13.5. The van der Waals surface area contributed by atoms with Gasteiger partial charge in [0.05, 0.1) is 13.0 Å². The molecule has 168 valence electrons. The number of hydrogen-bond donors (Lipinski definition) is 0. The number of aryl methyl sites for hydroxylation is 1. The second-order valence-electron chi connectivity index (χ2n) is 10.0. The summed E-state index contributed by atoms with van der Waals surface area (Å²) in [4.78, 5) is 27.4. The average Bonchev–Trinajstić information content (AvgIpc) is 3.28. The van der Waals surface area contributed by atoms with E-state index in [1.807, 2.05) is 37.4 Å². The molecule has 2 bridgehead atoms. The first-order chi connectivity index (χ1) is 14.8. The Hall–Kier alpha value is -2.30. The Morgan fingerprint density at radius 3 is 2.61 bits per heavy atom. The van der Waals surface area contributed by atoms with Gasteiger partial charge in [-0.2, -0.15) is 0 Å². The van der Waals surface area contributed by atoms with E-state index in [1.54, 1.807) is 0 Å². The zero-order valence-corrected chi connectivity index (χ0v) is 19.4. The first kappa shape index (κ1) is 21.9. The molecule has 2 aliphatic rings. The van der Waals surface area contributed by atoms with E-state index in [-0.39, 0.29) is 17.3 Å². The van der Waals surface area contributed by atoms with Gasteiger partial charge in [0, 0.05) is 41.8 Å². The van der Waals surface area contributed by atoms with Gasteiger partial charge in [0.2, 0.25) is 0 Å². The molecular formula is C26H36N2O3. The number of carbonyl (C=O) groups is 2. The third kappa shape index (κ3) is 4.11. The Labute approximate surface area is 185 Å². The second-order valence-corrected chi connectivity index (χ2v) is 10.0. The van der Waals surface area contributed by atoms with Gasteiger partial charge >= 0.3 is 5.97 Å². The van der Waals surface area contributed by atoms with Crippen molar-refractivity contribution in [2.45, 2.75) is 78.8 Å². The van der Waals surface area contributed by atoms with Crippen molar-refractivity contribution in [2.24, 2.45) is 10.8 Å². The standard InChI is InChI=1S/C26H36N2O3/c1-5-26(6-2)16-21-15-25(4,17-26)18-28(21)24(30)20-8-9-22-19(14-20)10-12-27(22)13-11-23(29)31-7-3/h8-10,12,14,21H,5-7,11,13,15-18H2,1-4H3. The molecule has 1 saturated carbocycles. The molecule has 1 aliphatic heterocycles. The summed E-state index contributed by atoms with van der Waals surface area (Å²) in [6, 6.07) is 8.36. The fourth-order valence-corrected chi connectivity index (χ4v) is 6.24. The molecule has 0 radical (unpaired) electrons. The van der Waals surface area contributed by atoms with E-state index in [4.69, 9.17) is 4.74 Å². The highest BCUT2D eigenvalue weighted by Crippen LogP contribution is 2.55. The van der Waals surface area contributed by atoms with Gasteiger partial charge in [-0.15, -0.1) is 0 Å². The molecule has 5 nitrogen and oxygen atoms in total. The normalized spacial score (nSPS) is 24.5. The summed E-state index contributed by atoms with van der Waals surface area (Å²) in [5, 5.41) is 1.04. The van der Waals surface area contributed by atoms with Crippen molar-refractivity contribution in [3.05, 3.63) is 36.0 Å². The van der Waals surface area contributed by atoms with Gasteiger partial charge in [0.15, 0.2) is 0 Å². The van der Waals surface area contributed by atoms with Crippen molar-refractivity contribution in [3.8, 4) is 0 Å². The van der Waals surface area contributed by atoms with Crippen LogP contribution >= 0.6 is 0 Å². The summed E-state index contributed by atoms with van der Waals surface area (Å²) in [6.45, 7) is 10.7. The van der Waals surface area contributed by atoms with E-state index in [1.165, 1.54) is 19.3 Å². The van der Waals surface area contributed by atoms with Crippen LogP contribution in [0.1, 0.15) is 76.6 Å². The first-order valence-electron chi connectivity index (χ1n) is 11.9. The number of nitrogens with zero attached hydrogens (tertiary/aromatic N) is 2. The van der Waals surface area contributed by atoms with Gasteiger partial charge in [-0.25, -0.2) is 0 Å². The number of benzene rings is 1. The third-order valence-electron chi connectivity index (χ3n) is 7.83. The van der Waals surface area contributed by atoms with Crippen molar-refractivity contribution in [2.75, 3.05) is 13.2 Å². The van der Waals surface area contributed by atoms with Crippen LogP contribution in [0.4, 0.5) is 0 Å². The molecule has 1 amide bonds. The molecule has 4 rings (SSSR count). The van der Waals surface area contributed by atoms with Crippen LogP contribution in [0, 0.1) is 10.8 Å². The van der Waals surface area contributed by atoms with Crippen molar-refractivity contribution in [1.82, 2.24) is 9.47 Å². The molecule has 0 spiro atoms. The number of esters is 1. The number of carbonyl (C=O) groups excluding carboxylic acids is 2. The molecule has 1 aromatic heterocycles. The molecule has 1 aliphatic carbocycles. The Morgan fingerprint density at radius 1 is 1.13 bits per heavy atom. The molecule has 2 unspecified atom stereocenters. The topological polar surface area (TPSA) is 51.5 Å². The monoisotopic (exact) mass is 424 g/mol. The molecule has 0 N–H and O–H groups in total. The highest BCUT2D eigenvalue weighted by molar-refractivity contribution is 5.98. The van der Waals surface area contributed by atoms with Crippen LogP contribution in [0.3, 0.4) is 0 Å². The molecule has 2 fully saturated rings. The van der Waals surface area contributed by atoms with E-state index in [0.717, 1.165) is 35.9 Å². The maximum atomic E-state index is 13.5. The average molecular weight is 425 g/mol. The van der Waals surface area contributed by atoms with Gasteiger partial charge in [0.25, 0.3) is 5.91 Å². The van der Waals surface area contributed by atoms with Crippen LogP contribution in [-0.4, -0.2) is 40.5 Å². The molecule has 31 heavy (non-hydrogen) atoms. The minimum absolute atomic E-state index is 0.165. The van der Waals surface area contributed by atoms with E-state index < -0.39 is 0 Å². The minimum atomic E-state index is -0.181. The number of rotatable bonds is 7.